The van der Waals surface area contributed by atoms with Gasteiger partial charge in [-0.1, -0.05) is 45.0 Å². The number of morpholine rings is 1. The fraction of sp³-hybridized carbons (Fsp3) is 0.611. The third kappa shape index (κ3) is 7.50. The van der Waals surface area contributed by atoms with Gasteiger partial charge in [-0.2, -0.15) is 0 Å². The SMILES string of the molecule is CC(C)(C)[C@H](N)C(=O)NCc1ccccc1CN1CCOCC1.Cl.Cl. The molecule has 0 unspecified atom stereocenters. The molecule has 25 heavy (non-hydrogen) atoms. The third-order valence-electron chi connectivity index (χ3n) is 4.28. The van der Waals surface area contributed by atoms with E-state index < -0.39 is 6.04 Å². The van der Waals surface area contributed by atoms with Gasteiger partial charge in [0.15, 0.2) is 0 Å². The van der Waals surface area contributed by atoms with Crippen LogP contribution in [0.3, 0.4) is 0 Å². The van der Waals surface area contributed by atoms with E-state index in [1.807, 2.05) is 32.9 Å². The van der Waals surface area contributed by atoms with Gasteiger partial charge in [0, 0.05) is 26.2 Å². The smallest absolute Gasteiger partial charge is 0.237 e. The molecule has 0 aromatic heterocycles. The molecule has 1 amide bonds. The van der Waals surface area contributed by atoms with Crippen molar-refractivity contribution < 1.29 is 9.53 Å². The average Bonchev–Trinajstić information content (AvgIpc) is 2.53. The number of ether oxygens (including phenoxy) is 1. The predicted molar refractivity (Wildman–Crippen MR) is 106 cm³/mol. The molecule has 3 N–H and O–H groups in total. The second-order valence-electron chi connectivity index (χ2n) is 7.22. The molecule has 0 aliphatic carbocycles. The number of nitrogens with one attached hydrogen (secondary N) is 1. The number of nitrogens with zero attached hydrogens (tertiary/aromatic N) is 1. The summed E-state index contributed by atoms with van der Waals surface area (Å²) >= 11 is 0. The zero-order valence-electron chi connectivity index (χ0n) is 15.3. The van der Waals surface area contributed by atoms with Crippen LogP contribution in [-0.4, -0.2) is 43.2 Å². The summed E-state index contributed by atoms with van der Waals surface area (Å²) < 4.78 is 5.39. The highest BCUT2D eigenvalue weighted by molar-refractivity contribution is 5.85. The summed E-state index contributed by atoms with van der Waals surface area (Å²) in [6.45, 7) is 10.8. The Morgan fingerprint density at radius 2 is 1.76 bits per heavy atom. The summed E-state index contributed by atoms with van der Waals surface area (Å²) in [4.78, 5) is 14.6. The van der Waals surface area contributed by atoms with Crippen LogP contribution >= 0.6 is 24.8 Å². The number of carbonyl (C=O) groups is 1. The molecular weight excluding hydrogens is 361 g/mol. The second-order valence-corrected chi connectivity index (χ2v) is 7.22. The maximum atomic E-state index is 12.2. The molecule has 5 nitrogen and oxygen atoms in total. The van der Waals surface area contributed by atoms with Gasteiger partial charge in [-0.3, -0.25) is 9.69 Å². The second kappa shape index (κ2) is 11.0. The highest BCUT2D eigenvalue weighted by Crippen LogP contribution is 2.18. The van der Waals surface area contributed by atoms with E-state index in [-0.39, 0.29) is 36.1 Å². The summed E-state index contributed by atoms with van der Waals surface area (Å²) in [5.41, 5.74) is 8.17. The Bertz CT molecular complexity index is 529. The maximum absolute atomic E-state index is 12.2. The van der Waals surface area contributed by atoms with E-state index in [0.717, 1.165) is 38.4 Å². The molecule has 7 heteroatoms. The average molecular weight is 392 g/mol. The molecule has 1 saturated heterocycles. The molecule has 1 aliphatic rings. The lowest BCUT2D eigenvalue weighted by atomic mass is 9.87. The fourth-order valence-electron chi connectivity index (χ4n) is 2.57. The standard InChI is InChI=1S/C18H29N3O2.2ClH/c1-18(2,3)16(19)17(22)20-12-14-6-4-5-7-15(14)13-21-8-10-23-11-9-21;;/h4-7,16H,8-13,19H2,1-3H3,(H,20,22);2*1H/t16-;;/m1../s1. The first-order chi connectivity index (χ1) is 10.9. The van der Waals surface area contributed by atoms with Gasteiger partial charge in [-0.15, -0.1) is 24.8 Å². The zero-order valence-corrected chi connectivity index (χ0v) is 16.9. The molecule has 2 rings (SSSR count). The summed E-state index contributed by atoms with van der Waals surface area (Å²) in [7, 11) is 0. The van der Waals surface area contributed by atoms with Crippen LogP contribution in [-0.2, 0) is 22.6 Å². The van der Waals surface area contributed by atoms with Crippen LogP contribution in [0.15, 0.2) is 24.3 Å². The van der Waals surface area contributed by atoms with Crippen LogP contribution in [0.1, 0.15) is 31.9 Å². The highest BCUT2D eigenvalue weighted by Gasteiger charge is 2.27. The van der Waals surface area contributed by atoms with Crippen LogP contribution in [0.5, 0.6) is 0 Å². The lowest BCUT2D eigenvalue weighted by Crippen LogP contribution is -2.48. The summed E-state index contributed by atoms with van der Waals surface area (Å²) in [5, 5.41) is 2.98. The van der Waals surface area contributed by atoms with Crippen molar-refractivity contribution in [1.82, 2.24) is 10.2 Å². The molecule has 1 heterocycles. The molecule has 1 atom stereocenters. The fourth-order valence-corrected chi connectivity index (χ4v) is 2.57. The van der Waals surface area contributed by atoms with E-state index in [1.54, 1.807) is 0 Å². The van der Waals surface area contributed by atoms with Crippen molar-refractivity contribution in [2.75, 3.05) is 26.3 Å². The van der Waals surface area contributed by atoms with Crippen molar-refractivity contribution >= 4 is 30.7 Å². The number of halogens is 2. The number of benzene rings is 1. The van der Waals surface area contributed by atoms with Crippen molar-refractivity contribution in [2.24, 2.45) is 11.1 Å². The Kier molecular flexibility index (Phi) is 10.6. The summed E-state index contributed by atoms with van der Waals surface area (Å²) in [6, 6.07) is 7.74. The largest absolute Gasteiger partial charge is 0.379 e. The van der Waals surface area contributed by atoms with E-state index >= 15 is 0 Å². The van der Waals surface area contributed by atoms with Gasteiger partial charge in [-0.25, -0.2) is 0 Å². The van der Waals surface area contributed by atoms with Crippen molar-refractivity contribution in [3.05, 3.63) is 35.4 Å². The van der Waals surface area contributed by atoms with E-state index in [2.05, 4.69) is 22.3 Å². The van der Waals surface area contributed by atoms with E-state index in [4.69, 9.17) is 10.5 Å². The lowest BCUT2D eigenvalue weighted by molar-refractivity contribution is -0.124. The number of rotatable bonds is 5. The van der Waals surface area contributed by atoms with Gasteiger partial charge in [0.2, 0.25) is 5.91 Å². The molecule has 1 aromatic carbocycles. The normalized spacial score (nSPS) is 16.3. The highest BCUT2D eigenvalue weighted by atomic mass is 35.5. The third-order valence-corrected chi connectivity index (χ3v) is 4.28. The van der Waals surface area contributed by atoms with Gasteiger partial charge in [0.05, 0.1) is 19.3 Å². The zero-order chi connectivity index (χ0) is 16.9. The number of nitrogens with two attached hydrogens (primary N) is 1. The molecule has 1 aliphatic heterocycles. The first-order valence-electron chi connectivity index (χ1n) is 8.28. The molecule has 0 spiro atoms. The van der Waals surface area contributed by atoms with E-state index in [0.29, 0.717) is 6.54 Å². The first-order valence-corrected chi connectivity index (χ1v) is 8.28. The topological polar surface area (TPSA) is 67.6 Å². The lowest BCUT2D eigenvalue weighted by Gasteiger charge is -2.28. The summed E-state index contributed by atoms with van der Waals surface area (Å²) in [5.74, 6) is -0.0984. The molecule has 0 bridgehead atoms. The Hall–Kier alpha value is -0.850. The van der Waals surface area contributed by atoms with Gasteiger partial charge in [0.1, 0.15) is 0 Å². The quantitative estimate of drug-likeness (QED) is 0.807. The number of amides is 1. The minimum absolute atomic E-state index is 0. The first kappa shape index (κ1) is 24.1. The molecule has 0 saturated carbocycles. The van der Waals surface area contributed by atoms with Crippen LogP contribution in [0, 0.1) is 5.41 Å². The van der Waals surface area contributed by atoms with Crippen molar-refractivity contribution in [3.8, 4) is 0 Å². The number of carbonyl (C=O) groups excluding carboxylic acids is 1. The Morgan fingerprint density at radius 3 is 2.32 bits per heavy atom. The predicted octanol–water partition coefficient (Wildman–Crippen LogP) is 2.35. The van der Waals surface area contributed by atoms with Gasteiger partial charge >= 0.3 is 0 Å². The van der Waals surface area contributed by atoms with Crippen molar-refractivity contribution in [2.45, 2.75) is 39.9 Å². The maximum Gasteiger partial charge on any atom is 0.237 e. The molecule has 0 radical (unpaired) electrons. The van der Waals surface area contributed by atoms with E-state index in [9.17, 15) is 4.79 Å². The Morgan fingerprint density at radius 1 is 1.20 bits per heavy atom. The van der Waals surface area contributed by atoms with Gasteiger partial charge < -0.3 is 15.8 Å². The van der Waals surface area contributed by atoms with Crippen molar-refractivity contribution in [1.29, 1.82) is 0 Å². The molecule has 1 fully saturated rings. The minimum Gasteiger partial charge on any atom is -0.379 e. The molecule has 144 valence electrons. The van der Waals surface area contributed by atoms with Gasteiger partial charge in [-0.05, 0) is 16.5 Å². The minimum atomic E-state index is -0.506. The van der Waals surface area contributed by atoms with Crippen LogP contribution < -0.4 is 11.1 Å². The van der Waals surface area contributed by atoms with Crippen LogP contribution in [0.2, 0.25) is 0 Å². The summed E-state index contributed by atoms with van der Waals surface area (Å²) in [6.07, 6.45) is 0. The monoisotopic (exact) mass is 391 g/mol. The van der Waals surface area contributed by atoms with Crippen LogP contribution in [0.25, 0.3) is 0 Å². The van der Waals surface area contributed by atoms with Crippen LogP contribution in [0.4, 0.5) is 0 Å². The number of hydrogen-bond acceptors (Lipinski definition) is 4. The van der Waals surface area contributed by atoms with Crippen molar-refractivity contribution in [3.63, 3.8) is 0 Å². The Balaban J connectivity index is 0.00000288. The van der Waals surface area contributed by atoms with E-state index in [1.165, 1.54) is 5.56 Å². The Labute approximate surface area is 163 Å². The molecular formula is C18H31Cl2N3O2. The van der Waals surface area contributed by atoms with Gasteiger partial charge in [0.25, 0.3) is 0 Å². The number of hydrogen-bond donors (Lipinski definition) is 2. The molecule has 1 aromatic rings.